The molecular weight excluding hydrogens is 446 g/mol. The molecule has 0 radical (unpaired) electrons. The fraction of sp³-hybridized carbons (Fsp3) is 0.190. The van der Waals surface area contributed by atoms with Gasteiger partial charge in [-0.25, -0.2) is 4.57 Å². The summed E-state index contributed by atoms with van der Waals surface area (Å²) in [5.74, 6) is 0. The van der Waals surface area contributed by atoms with E-state index in [4.69, 9.17) is 0 Å². The lowest BCUT2D eigenvalue weighted by Gasteiger charge is -2.12. The number of nitro groups is 3. The van der Waals surface area contributed by atoms with E-state index in [-0.39, 0.29) is 17.9 Å². The van der Waals surface area contributed by atoms with Crippen molar-refractivity contribution in [3.63, 3.8) is 0 Å². The second-order valence-electron chi connectivity index (χ2n) is 7.41. The molecule has 1 aromatic heterocycles. The molecule has 0 saturated carbocycles. The predicted octanol–water partition coefficient (Wildman–Crippen LogP) is 4.29. The van der Waals surface area contributed by atoms with Crippen molar-refractivity contribution in [3.8, 4) is 0 Å². The van der Waals surface area contributed by atoms with Crippen LogP contribution in [0.15, 0.2) is 77.2 Å². The van der Waals surface area contributed by atoms with Gasteiger partial charge in [-0.2, -0.15) is 5.11 Å². The highest BCUT2D eigenvalue weighted by Gasteiger charge is 2.22. The van der Waals surface area contributed by atoms with Crippen LogP contribution in [0.1, 0.15) is 11.6 Å². The summed E-state index contributed by atoms with van der Waals surface area (Å²) in [6, 6.07) is 12.0. The normalized spacial score (nSPS) is 11.8. The number of pyridine rings is 1. The second-order valence-corrected chi connectivity index (χ2v) is 7.41. The first kappa shape index (κ1) is 23.8. The van der Waals surface area contributed by atoms with E-state index >= 15 is 0 Å². The zero-order chi connectivity index (χ0) is 24.8. The summed E-state index contributed by atoms with van der Waals surface area (Å²) in [5.41, 5.74) is 0.357. The van der Waals surface area contributed by atoms with Gasteiger partial charge in [-0.05, 0) is 23.8 Å². The molecule has 2 aromatic carbocycles. The van der Waals surface area contributed by atoms with Crippen molar-refractivity contribution in [3.05, 3.63) is 103 Å². The number of non-ortho nitro benzene ring substituents is 2. The predicted molar refractivity (Wildman–Crippen MR) is 121 cm³/mol. The van der Waals surface area contributed by atoms with Crippen LogP contribution < -0.4 is 9.47 Å². The van der Waals surface area contributed by atoms with Gasteiger partial charge in [-0.1, -0.05) is 0 Å². The van der Waals surface area contributed by atoms with E-state index in [1.54, 1.807) is 12.1 Å². The fourth-order valence-electron chi connectivity index (χ4n) is 3.08. The third kappa shape index (κ3) is 5.70. The molecule has 1 heterocycles. The van der Waals surface area contributed by atoms with Crippen LogP contribution in [-0.2, 0) is 6.54 Å². The summed E-state index contributed by atoms with van der Waals surface area (Å²) in [5, 5.41) is 41.6. The van der Waals surface area contributed by atoms with Gasteiger partial charge in [0.15, 0.2) is 30.7 Å². The van der Waals surface area contributed by atoms with Gasteiger partial charge in [0.2, 0.25) is 0 Å². The van der Waals surface area contributed by atoms with Crippen molar-refractivity contribution in [2.45, 2.75) is 12.6 Å². The van der Waals surface area contributed by atoms with Gasteiger partial charge in [0.1, 0.15) is 0 Å². The third-order valence-electron chi connectivity index (χ3n) is 4.93. The summed E-state index contributed by atoms with van der Waals surface area (Å²) >= 11 is 0. The molecule has 34 heavy (non-hydrogen) atoms. The largest absolute Gasteiger partial charge is 0.377 e. The zero-order valence-electron chi connectivity index (χ0n) is 18.2. The molecule has 0 aliphatic carbocycles. The molecule has 0 fully saturated rings. The van der Waals surface area contributed by atoms with Crippen molar-refractivity contribution in [2.24, 2.45) is 10.2 Å². The second kappa shape index (κ2) is 10.2. The molecule has 13 nitrogen and oxygen atoms in total. The van der Waals surface area contributed by atoms with Gasteiger partial charge in [-0.15, -0.1) is 5.11 Å². The molecule has 0 aliphatic rings. The number of anilines is 1. The number of hydrogen-bond donors (Lipinski definition) is 0. The first-order valence-electron chi connectivity index (χ1n) is 9.90. The average molecular weight is 466 g/mol. The average Bonchev–Trinajstić information content (AvgIpc) is 2.81. The van der Waals surface area contributed by atoms with Gasteiger partial charge in [-0.3, -0.25) is 30.3 Å². The van der Waals surface area contributed by atoms with E-state index in [9.17, 15) is 30.3 Å². The van der Waals surface area contributed by atoms with Crippen LogP contribution >= 0.6 is 0 Å². The summed E-state index contributed by atoms with van der Waals surface area (Å²) in [6.07, 6.45) is 3.66. The maximum atomic E-state index is 11.4. The Hall–Kier alpha value is -4.81. The van der Waals surface area contributed by atoms with Crippen LogP contribution in [0.25, 0.3) is 0 Å². The number of azo groups is 1. The minimum atomic E-state index is -0.767. The molecule has 0 bridgehead atoms. The molecule has 0 amide bonds. The third-order valence-corrected chi connectivity index (χ3v) is 4.93. The fourth-order valence-corrected chi connectivity index (χ4v) is 3.08. The molecule has 1 unspecified atom stereocenters. The van der Waals surface area contributed by atoms with E-state index in [1.807, 2.05) is 48.1 Å². The lowest BCUT2D eigenvalue weighted by atomic mass is 10.1. The summed E-state index contributed by atoms with van der Waals surface area (Å²) in [4.78, 5) is 33.3. The van der Waals surface area contributed by atoms with Gasteiger partial charge >= 0.3 is 5.69 Å². The Kier molecular flexibility index (Phi) is 7.16. The van der Waals surface area contributed by atoms with Crippen LogP contribution in [0.5, 0.6) is 0 Å². The maximum absolute atomic E-state index is 11.4. The Bertz CT molecular complexity index is 1240. The van der Waals surface area contributed by atoms with Crippen LogP contribution in [0.4, 0.5) is 28.4 Å². The summed E-state index contributed by atoms with van der Waals surface area (Å²) < 4.78 is 1.84. The number of rotatable bonds is 9. The van der Waals surface area contributed by atoms with Crippen LogP contribution in [0.2, 0.25) is 0 Å². The Balaban J connectivity index is 1.98. The van der Waals surface area contributed by atoms with E-state index in [0.717, 1.165) is 23.9 Å². The first-order chi connectivity index (χ1) is 16.2. The highest BCUT2D eigenvalue weighted by Crippen LogP contribution is 2.33. The Morgan fingerprint density at radius 1 is 0.853 bits per heavy atom. The quantitative estimate of drug-likeness (QED) is 0.197. The highest BCUT2D eigenvalue weighted by molar-refractivity contribution is 5.61. The Morgan fingerprint density at radius 3 is 1.97 bits per heavy atom. The molecule has 13 heteroatoms. The molecule has 3 aromatic rings. The van der Waals surface area contributed by atoms with E-state index in [2.05, 4.69) is 10.2 Å². The Morgan fingerprint density at radius 2 is 1.44 bits per heavy atom. The maximum Gasteiger partial charge on any atom is 0.303 e. The van der Waals surface area contributed by atoms with Gasteiger partial charge in [0, 0.05) is 50.1 Å². The van der Waals surface area contributed by atoms with Gasteiger partial charge in [0.25, 0.3) is 11.4 Å². The lowest BCUT2D eigenvalue weighted by Crippen LogP contribution is -2.35. The molecule has 0 N–H and O–H groups in total. The van der Waals surface area contributed by atoms with E-state index < -0.39 is 32.2 Å². The highest BCUT2D eigenvalue weighted by atomic mass is 16.6. The smallest absolute Gasteiger partial charge is 0.303 e. The van der Waals surface area contributed by atoms with E-state index in [0.29, 0.717) is 5.56 Å². The molecule has 174 valence electrons. The summed E-state index contributed by atoms with van der Waals surface area (Å²) in [7, 11) is 3.81. The minimum Gasteiger partial charge on any atom is -0.377 e. The standard InChI is InChI=1S/C21H20N7O6/c1-24(2)16-9-11-25(12-10-16)14-20(15-3-5-17(6-4-15)26(29)30)23-22-19-8-7-18(27(31)32)13-21(19)28(33)34/h3-13,20H,14H2,1-2H3/q+1. The van der Waals surface area contributed by atoms with Crippen molar-refractivity contribution in [1.82, 2.24) is 0 Å². The van der Waals surface area contributed by atoms with E-state index in [1.165, 1.54) is 12.1 Å². The van der Waals surface area contributed by atoms with Crippen molar-refractivity contribution in [2.75, 3.05) is 19.0 Å². The first-order valence-corrected chi connectivity index (χ1v) is 9.90. The van der Waals surface area contributed by atoms with Gasteiger partial charge < -0.3 is 4.90 Å². The lowest BCUT2D eigenvalue weighted by molar-refractivity contribution is -0.699. The topological polar surface area (TPSA) is 161 Å². The number of nitro benzene ring substituents is 3. The van der Waals surface area contributed by atoms with Crippen molar-refractivity contribution >= 4 is 28.4 Å². The van der Waals surface area contributed by atoms with Crippen LogP contribution in [0.3, 0.4) is 0 Å². The van der Waals surface area contributed by atoms with Crippen molar-refractivity contribution in [1.29, 1.82) is 0 Å². The molecule has 0 spiro atoms. The molecule has 3 rings (SSSR count). The van der Waals surface area contributed by atoms with Crippen molar-refractivity contribution < 1.29 is 19.3 Å². The molecule has 0 aliphatic heterocycles. The monoisotopic (exact) mass is 466 g/mol. The molecular formula is C21H20N7O6+. The Labute approximate surface area is 193 Å². The van der Waals surface area contributed by atoms with Crippen LogP contribution in [-0.4, -0.2) is 28.9 Å². The number of aromatic nitrogens is 1. The van der Waals surface area contributed by atoms with Gasteiger partial charge in [0.05, 0.1) is 20.8 Å². The molecule has 0 saturated heterocycles. The molecule has 1 atom stereocenters. The number of nitrogens with zero attached hydrogens (tertiary/aromatic N) is 7. The SMILES string of the molecule is CN(C)c1cc[n+](CC(N=Nc2ccc([N+](=O)[O-])cc2[N+](=O)[O-])c2ccc([N+](=O)[O-])cc2)cc1. The number of hydrogen-bond acceptors (Lipinski definition) is 9. The number of benzene rings is 2. The minimum absolute atomic E-state index is 0.0894. The van der Waals surface area contributed by atoms with Crippen LogP contribution in [0, 0.1) is 30.3 Å². The zero-order valence-corrected chi connectivity index (χ0v) is 18.2. The summed E-state index contributed by atoms with van der Waals surface area (Å²) in [6.45, 7) is 0.287.